The van der Waals surface area contributed by atoms with Gasteiger partial charge in [0.15, 0.2) is 5.17 Å². The summed E-state index contributed by atoms with van der Waals surface area (Å²) in [6, 6.07) is 7.56. The van der Waals surface area contributed by atoms with Gasteiger partial charge in [0, 0.05) is 18.8 Å². The molecule has 1 N–H and O–H groups in total. The molecule has 0 unspecified atom stereocenters. The van der Waals surface area contributed by atoms with E-state index in [-0.39, 0.29) is 0 Å². The Balaban J connectivity index is 1.44. The summed E-state index contributed by atoms with van der Waals surface area (Å²) in [6.45, 7) is 1.25. The Morgan fingerprint density at radius 2 is 1.74 bits per heavy atom. The molecular weight excluding hydrogens is 380 g/mol. The van der Waals surface area contributed by atoms with Crippen molar-refractivity contribution in [1.82, 2.24) is 9.73 Å². The van der Waals surface area contributed by atoms with E-state index in [0.29, 0.717) is 24.0 Å². The zero-order chi connectivity index (χ0) is 18.7. The Morgan fingerprint density at radius 1 is 1.04 bits per heavy atom. The fourth-order valence-electron chi connectivity index (χ4n) is 3.80. The van der Waals surface area contributed by atoms with Crippen molar-refractivity contribution in [1.29, 1.82) is 0 Å². The van der Waals surface area contributed by atoms with E-state index < -0.39 is 10.0 Å². The van der Waals surface area contributed by atoms with Crippen molar-refractivity contribution in [2.45, 2.75) is 55.9 Å². The number of hydrogen-bond acceptors (Lipinski definition) is 5. The Hall–Kier alpha value is -1.38. The van der Waals surface area contributed by atoms with Gasteiger partial charge in [-0.25, -0.2) is 8.42 Å². The number of nitrogens with one attached hydrogen (secondary N) is 1. The first-order valence-electron chi connectivity index (χ1n) is 9.77. The predicted octanol–water partition coefficient (Wildman–Crippen LogP) is 3.20. The van der Waals surface area contributed by atoms with Crippen LogP contribution in [0.3, 0.4) is 0 Å². The summed E-state index contributed by atoms with van der Waals surface area (Å²) in [4.78, 5) is 5.11. The van der Waals surface area contributed by atoms with E-state index in [1.54, 1.807) is 28.2 Å². The SMILES string of the molecule is O=S(=O)(c1ccc(C2=NNC(=NC3CCCC3)SC2)cc1)N1CCCCC1. The summed E-state index contributed by atoms with van der Waals surface area (Å²) >= 11 is 1.67. The Kier molecular flexibility index (Phi) is 5.85. The fraction of sp³-hybridized carbons (Fsp3) is 0.579. The quantitative estimate of drug-likeness (QED) is 0.833. The number of piperidine rings is 1. The number of amidine groups is 1. The van der Waals surface area contributed by atoms with Crippen LogP contribution >= 0.6 is 11.8 Å². The Morgan fingerprint density at radius 3 is 2.37 bits per heavy atom. The van der Waals surface area contributed by atoms with Gasteiger partial charge in [-0.15, -0.1) is 0 Å². The monoisotopic (exact) mass is 406 g/mol. The van der Waals surface area contributed by atoms with Crippen LogP contribution in [0.4, 0.5) is 0 Å². The van der Waals surface area contributed by atoms with Gasteiger partial charge in [-0.1, -0.05) is 43.2 Å². The van der Waals surface area contributed by atoms with Gasteiger partial charge >= 0.3 is 0 Å². The van der Waals surface area contributed by atoms with E-state index >= 15 is 0 Å². The van der Waals surface area contributed by atoms with Crippen molar-refractivity contribution in [2.75, 3.05) is 18.8 Å². The molecule has 2 fully saturated rings. The molecule has 6 nitrogen and oxygen atoms in total. The molecule has 0 bridgehead atoms. The van der Waals surface area contributed by atoms with Crippen LogP contribution in [-0.2, 0) is 10.0 Å². The zero-order valence-electron chi connectivity index (χ0n) is 15.4. The van der Waals surface area contributed by atoms with Gasteiger partial charge in [-0.2, -0.15) is 9.41 Å². The molecule has 0 radical (unpaired) electrons. The molecule has 0 spiro atoms. The maximum atomic E-state index is 12.7. The first kappa shape index (κ1) is 19.0. The third-order valence-electron chi connectivity index (χ3n) is 5.40. The van der Waals surface area contributed by atoms with Crippen LogP contribution < -0.4 is 5.43 Å². The van der Waals surface area contributed by atoms with E-state index in [2.05, 4.69) is 10.5 Å². The highest BCUT2D eigenvalue weighted by Crippen LogP contribution is 2.24. The standard InChI is InChI=1S/C19H26N4O2S2/c24-27(25,23-12-4-1-5-13-23)17-10-8-15(9-11-17)18-14-26-19(22-21-18)20-16-6-2-3-7-16/h8-11,16H,1-7,12-14H2,(H,20,22). The average molecular weight is 407 g/mol. The molecule has 27 heavy (non-hydrogen) atoms. The van der Waals surface area contributed by atoms with Gasteiger partial charge in [-0.05, 0) is 43.4 Å². The van der Waals surface area contributed by atoms with Crippen LogP contribution in [0.15, 0.2) is 39.3 Å². The molecule has 0 amide bonds. The highest BCUT2D eigenvalue weighted by Gasteiger charge is 2.26. The van der Waals surface area contributed by atoms with Gasteiger partial charge in [0.05, 0.1) is 16.6 Å². The van der Waals surface area contributed by atoms with Crippen molar-refractivity contribution in [3.05, 3.63) is 29.8 Å². The smallest absolute Gasteiger partial charge is 0.243 e. The molecule has 8 heteroatoms. The van der Waals surface area contributed by atoms with Crippen LogP contribution in [0.5, 0.6) is 0 Å². The fourth-order valence-corrected chi connectivity index (χ4v) is 6.16. The molecule has 1 saturated heterocycles. The molecular formula is C19H26N4O2S2. The van der Waals surface area contributed by atoms with E-state index in [1.165, 1.54) is 25.7 Å². The summed E-state index contributed by atoms with van der Waals surface area (Å²) in [5, 5.41) is 5.36. The minimum Gasteiger partial charge on any atom is -0.258 e. The number of hydrazone groups is 1. The van der Waals surface area contributed by atoms with Crippen LogP contribution in [0.25, 0.3) is 0 Å². The summed E-state index contributed by atoms with van der Waals surface area (Å²) in [5.74, 6) is 0.747. The van der Waals surface area contributed by atoms with Crippen LogP contribution in [0.1, 0.15) is 50.5 Å². The second-order valence-corrected chi connectivity index (χ2v) is 10.2. The number of hydrogen-bond donors (Lipinski definition) is 1. The summed E-state index contributed by atoms with van der Waals surface area (Å²) in [6.07, 6.45) is 7.90. The second-order valence-electron chi connectivity index (χ2n) is 7.32. The van der Waals surface area contributed by atoms with E-state index in [9.17, 15) is 8.42 Å². The lowest BCUT2D eigenvalue weighted by Crippen LogP contribution is -2.35. The van der Waals surface area contributed by atoms with E-state index in [1.807, 2.05) is 12.1 Å². The molecule has 2 aliphatic heterocycles. The molecule has 0 aromatic heterocycles. The maximum Gasteiger partial charge on any atom is 0.243 e. The highest BCUT2D eigenvalue weighted by molar-refractivity contribution is 8.14. The lowest BCUT2D eigenvalue weighted by atomic mass is 10.1. The molecule has 1 aromatic rings. The number of aliphatic imine (C=N–C) groups is 1. The summed E-state index contributed by atoms with van der Waals surface area (Å²) < 4.78 is 27.1. The molecule has 1 saturated carbocycles. The molecule has 4 rings (SSSR count). The summed E-state index contributed by atoms with van der Waals surface area (Å²) in [5.41, 5.74) is 4.94. The number of thioether (sulfide) groups is 1. The van der Waals surface area contributed by atoms with Crippen LogP contribution in [0.2, 0.25) is 0 Å². The number of nitrogens with zero attached hydrogens (tertiary/aromatic N) is 3. The molecule has 1 aromatic carbocycles. The Bertz CT molecular complexity index is 822. The topological polar surface area (TPSA) is 74.1 Å². The van der Waals surface area contributed by atoms with Gasteiger partial charge in [0.25, 0.3) is 0 Å². The molecule has 3 aliphatic rings. The number of sulfonamides is 1. The lowest BCUT2D eigenvalue weighted by molar-refractivity contribution is 0.346. The third-order valence-corrected chi connectivity index (χ3v) is 8.20. The lowest BCUT2D eigenvalue weighted by Gasteiger charge is -2.26. The first-order chi connectivity index (χ1) is 13.1. The Labute approximate surface area is 165 Å². The number of rotatable bonds is 4. The van der Waals surface area contributed by atoms with Crippen molar-refractivity contribution in [2.24, 2.45) is 10.1 Å². The molecule has 2 heterocycles. The van der Waals surface area contributed by atoms with Crippen molar-refractivity contribution in [3.8, 4) is 0 Å². The van der Waals surface area contributed by atoms with Crippen molar-refractivity contribution in [3.63, 3.8) is 0 Å². The minimum atomic E-state index is -3.38. The minimum absolute atomic E-state index is 0.369. The van der Waals surface area contributed by atoms with E-state index in [4.69, 9.17) is 4.99 Å². The maximum absolute atomic E-state index is 12.7. The van der Waals surface area contributed by atoms with Crippen LogP contribution in [-0.4, -0.2) is 48.5 Å². The summed E-state index contributed by atoms with van der Waals surface area (Å²) in [7, 11) is -3.38. The van der Waals surface area contributed by atoms with Gasteiger partial charge < -0.3 is 0 Å². The van der Waals surface area contributed by atoms with Crippen molar-refractivity contribution >= 4 is 32.7 Å². The van der Waals surface area contributed by atoms with Gasteiger partial charge in [0.2, 0.25) is 10.0 Å². The normalized spacial score (nSPS) is 24.0. The second kappa shape index (κ2) is 8.32. The average Bonchev–Trinajstić information content (AvgIpc) is 3.22. The van der Waals surface area contributed by atoms with Gasteiger partial charge in [0.1, 0.15) is 0 Å². The highest BCUT2D eigenvalue weighted by atomic mass is 32.2. The predicted molar refractivity (Wildman–Crippen MR) is 111 cm³/mol. The van der Waals surface area contributed by atoms with Crippen molar-refractivity contribution < 1.29 is 8.42 Å². The molecule has 0 atom stereocenters. The third kappa shape index (κ3) is 4.38. The zero-order valence-corrected chi connectivity index (χ0v) is 17.1. The van der Waals surface area contributed by atoms with Gasteiger partial charge in [-0.3, -0.25) is 10.4 Å². The molecule has 146 valence electrons. The van der Waals surface area contributed by atoms with E-state index in [0.717, 1.165) is 41.5 Å². The largest absolute Gasteiger partial charge is 0.258 e. The van der Waals surface area contributed by atoms with Crippen LogP contribution in [0, 0.1) is 0 Å². The number of benzene rings is 1. The molecule has 1 aliphatic carbocycles. The first-order valence-corrected chi connectivity index (χ1v) is 12.2.